The average molecular weight is 151 g/mol. The van der Waals surface area contributed by atoms with Gasteiger partial charge in [-0.2, -0.15) is 0 Å². The van der Waals surface area contributed by atoms with Crippen molar-refractivity contribution in [3.8, 4) is 0 Å². The first-order valence-electron chi connectivity index (χ1n) is 4.34. The molecule has 0 amide bonds. The van der Waals surface area contributed by atoms with Gasteiger partial charge in [-0.15, -0.1) is 0 Å². The van der Waals surface area contributed by atoms with Gasteiger partial charge in [0.05, 0.1) is 6.04 Å². The summed E-state index contributed by atoms with van der Waals surface area (Å²) in [6, 6.07) is 0.227. The number of hydrogen-bond acceptors (Lipinski definition) is 2. The summed E-state index contributed by atoms with van der Waals surface area (Å²) in [5, 5.41) is 0. The molecule has 2 heterocycles. The summed E-state index contributed by atoms with van der Waals surface area (Å²) in [4.78, 5) is 13.6. The summed E-state index contributed by atoms with van der Waals surface area (Å²) < 4.78 is 0. The Kier molecular flexibility index (Phi) is 1.48. The summed E-state index contributed by atoms with van der Waals surface area (Å²) in [6.07, 6.45) is 5.08. The number of nitrogens with zero attached hydrogens (tertiary/aromatic N) is 1. The van der Waals surface area contributed by atoms with Crippen LogP contribution in [0, 0.1) is 0 Å². The van der Waals surface area contributed by atoms with Gasteiger partial charge in [-0.05, 0) is 19.3 Å². The molecule has 1 atom stereocenters. The summed E-state index contributed by atoms with van der Waals surface area (Å²) in [5.74, 6) is 0.333. The average Bonchev–Trinajstić information content (AvgIpc) is 2.54. The van der Waals surface area contributed by atoms with Crippen molar-refractivity contribution in [1.82, 2.24) is 4.90 Å². The monoisotopic (exact) mass is 151 g/mol. The van der Waals surface area contributed by atoms with Gasteiger partial charge in [-0.25, -0.2) is 0 Å². The van der Waals surface area contributed by atoms with Crippen LogP contribution in [-0.4, -0.2) is 23.3 Å². The molecule has 1 fully saturated rings. The first-order chi connectivity index (χ1) is 5.33. The van der Waals surface area contributed by atoms with Crippen LogP contribution in [0.4, 0.5) is 0 Å². The molecular weight excluding hydrogens is 138 g/mol. The van der Waals surface area contributed by atoms with Gasteiger partial charge < -0.3 is 4.90 Å². The Morgan fingerprint density at radius 2 is 2.55 bits per heavy atom. The van der Waals surface area contributed by atoms with Crippen molar-refractivity contribution in [1.29, 1.82) is 0 Å². The SMILES string of the molecule is CCC1=CC(=O)[C@@H]2CCCN12. The number of carbonyl (C=O) groups excluding carboxylic acids is 1. The van der Waals surface area contributed by atoms with Crippen LogP contribution in [-0.2, 0) is 4.79 Å². The van der Waals surface area contributed by atoms with Gasteiger partial charge in [0, 0.05) is 18.3 Å². The van der Waals surface area contributed by atoms with E-state index in [2.05, 4.69) is 11.8 Å². The van der Waals surface area contributed by atoms with Crippen LogP contribution in [0.2, 0.25) is 0 Å². The molecule has 0 N–H and O–H groups in total. The first-order valence-corrected chi connectivity index (χ1v) is 4.34. The van der Waals surface area contributed by atoms with Crippen molar-refractivity contribution in [2.75, 3.05) is 6.54 Å². The third-order valence-corrected chi connectivity index (χ3v) is 2.62. The summed E-state index contributed by atoms with van der Waals surface area (Å²) in [5.41, 5.74) is 1.25. The van der Waals surface area contributed by atoms with Crippen molar-refractivity contribution >= 4 is 5.78 Å². The molecule has 2 heteroatoms. The Hall–Kier alpha value is -0.790. The fourth-order valence-corrected chi connectivity index (χ4v) is 2.05. The maximum absolute atomic E-state index is 11.3. The highest BCUT2D eigenvalue weighted by atomic mass is 16.1. The fourth-order valence-electron chi connectivity index (χ4n) is 2.05. The van der Waals surface area contributed by atoms with Gasteiger partial charge in [0.25, 0.3) is 0 Å². The molecule has 0 bridgehead atoms. The van der Waals surface area contributed by atoms with Crippen LogP contribution >= 0.6 is 0 Å². The van der Waals surface area contributed by atoms with Gasteiger partial charge in [0.15, 0.2) is 5.78 Å². The lowest BCUT2D eigenvalue weighted by Gasteiger charge is -2.19. The number of fused-ring (bicyclic) bond motifs is 1. The van der Waals surface area contributed by atoms with E-state index in [4.69, 9.17) is 0 Å². The maximum Gasteiger partial charge on any atom is 0.179 e. The third-order valence-electron chi connectivity index (χ3n) is 2.62. The molecule has 0 aromatic rings. The molecule has 0 aromatic carbocycles. The molecule has 1 saturated heterocycles. The van der Waals surface area contributed by atoms with Crippen molar-refractivity contribution in [2.45, 2.75) is 32.2 Å². The predicted octanol–water partition coefficient (Wildman–Crippen LogP) is 1.33. The number of ketones is 1. The fraction of sp³-hybridized carbons (Fsp3) is 0.667. The molecule has 0 spiro atoms. The Labute approximate surface area is 66.9 Å². The molecule has 0 saturated carbocycles. The second kappa shape index (κ2) is 2.36. The lowest BCUT2D eigenvalue weighted by molar-refractivity contribution is -0.116. The van der Waals surface area contributed by atoms with Crippen molar-refractivity contribution in [3.05, 3.63) is 11.8 Å². The molecule has 0 aliphatic carbocycles. The van der Waals surface area contributed by atoms with E-state index in [1.54, 1.807) is 0 Å². The lowest BCUT2D eigenvalue weighted by Crippen LogP contribution is -2.27. The van der Waals surface area contributed by atoms with Crippen molar-refractivity contribution in [3.63, 3.8) is 0 Å². The molecule has 0 aromatic heterocycles. The largest absolute Gasteiger partial charge is 0.364 e. The van der Waals surface area contributed by atoms with Crippen LogP contribution in [0.15, 0.2) is 11.8 Å². The van der Waals surface area contributed by atoms with Crippen LogP contribution in [0.5, 0.6) is 0 Å². The van der Waals surface area contributed by atoms with E-state index >= 15 is 0 Å². The molecular formula is C9H13NO. The van der Waals surface area contributed by atoms with E-state index < -0.39 is 0 Å². The molecule has 0 unspecified atom stereocenters. The minimum absolute atomic E-state index is 0.227. The van der Waals surface area contributed by atoms with E-state index in [9.17, 15) is 4.79 Å². The minimum atomic E-state index is 0.227. The van der Waals surface area contributed by atoms with Gasteiger partial charge in [0.2, 0.25) is 0 Å². The lowest BCUT2D eigenvalue weighted by atomic mass is 10.1. The highest BCUT2D eigenvalue weighted by Gasteiger charge is 2.35. The van der Waals surface area contributed by atoms with Crippen LogP contribution in [0.3, 0.4) is 0 Å². The van der Waals surface area contributed by atoms with E-state index in [0.717, 1.165) is 19.4 Å². The van der Waals surface area contributed by atoms with Crippen LogP contribution in [0.1, 0.15) is 26.2 Å². The van der Waals surface area contributed by atoms with E-state index in [1.165, 1.54) is 12.1 Å². The third kappa shape index (κ3) is 0.889. The predicted molar refractivity (Wildman–Crippen MR) is 43.1 cm³/mol. The molecule has 2 aliphatic heterocycles. The molecule has 11 heavy (non-hydrogen) atoms. The minimum Gasteiger partial charge on any atom is -0.364 e. The number of hydrogen-bond donors (Lipinski definition) is 0. The molecule has 0 radical (unpaired) electrons. The number of carbonyl (C=O) groups is 1. The van der Waals surface area contributed by atoms with E-state index in [1.807, 2.05) is 6.08 Å². The van der Waals surface area contributed by atoms with Gasteiger partial charge in [-0.3, -0.25) is 4.79 Å². The second-order valence-electron chi connectivity index (χ2n) is 3.24. The van der Waals surface area contributed by atoms with Crippen molar-refractivity contribution in [2.24, 2.45) is 0 Å². The van der Waals surface area contributed by atoms with Crippen molar-refractivity contribution < 1.29 is 4.79 Å². The number of allylic oxidation sites excluding steroid dienone is 1. The second-order valence-corrected chi connectivity index (χ2v) is 3.24. The smallest absolute Gasteiger partial charge is 0.179 e. The maximum atomic E-state index is 11.3. The Morgan fingerprint density at radius 1 is 1.73 bits per heavy atom. The summed E-state index contributed by atoms with van der Waals surface area (Å²) in [6.45, 7) is 3.20. The molecule has 2 rings (SSSR count). The molecule has 60 valence electrons. The first kappa shape index (κ1) is 6.89. The van der Waals surface area contributed by atoms with Gasteiger partial charge in [-0.1, -0.05) is 6.92 Å². The Balaban J connectivity index is 2.24. The Morgan fingerprint density at radius 3 is 3.27 bits per heavy atom. The zero-order valence-corrected chi connectivity index (χ0v) is 6.84. The van der Waals surface area contributed by atoms with Gasteiger partial charge in [0.1, 0.15) is 0 Å². The van der Waals surface area contributed by atoms with E-state index in [0.29, 0.717) is 5.78 Å². The molecule has 2 aliphatic rings. The summed E-state index contributed by atoms with van der Waals surface area (Å²) >= 11 is 0. The quantitative estimate of drug-likeness (QED) is 0.563. The summed E-state index contributed by atoms with van der Waals surface area (Å²) in [7, 11) is 0. The number of rotatable bonds is 1. The van der Waals surface area contributed by atoms with Crippen LogP contribution in [0.25, 0.3) is 0 Å². The van der Waals surface area contributed by atoms with Crippen LogP contribution < -0.4 is 0 Å². The zero-order valence-electron chi connectivity index (χ0n) is 6.84. The standard InChI is InChI=1S/C9H13NO/c1-2-7-6-9(11)8-4-3-5-10(7)8/h6,8H,2-5H2,1H3/t8-/m0/s1. The highest BCUT2D eigenvalue weighted by molar-refractivity contribution is 5.97. The normalized spacial score (nSPS) is 29.2. The Bertz CT molecular complexity index is 220. The highest BCUT2D eigenvalue weighted by Crippen LogP contribution is 2.29. The topological polar surface area (TPSA) is 20.3 Å². The zero-order chi connectivity index (χ0) is 7.84. The van der Waals surface area contributed by atoms with E-state index in [-0.39, 0.29) is 6.04 Å². The molecule has 2 nitrogen and oxygen atoms in total. The van der Waals surface area contributed by atoms with Gasteiger partial charge >= 0.3 is 0 Å².